The van der Waals surface area contributed by atoms with Gasteiger partial charge in [0, 0.05) is 24.8 Å². The van der Waals surface area contributed by atoms with Crippen LogP contribution in [0.4, 0.5) is 10.1 Å². The molecule has 0 saturated carbocycles. The molecule has 3 aromatic carbocycles. The van der Waals surface area contributed by atoms with E-state index >= 15 is 0 Å². The van der Waals surface area contributed by atoms with E-state index in [0.717, 1.165) is 11.3 Å². The molecule has 5 nitrogen and oxygen atoms in total. The largest absolute Gasteiger partial charge is 0.496 e. The van der Waals surface area contributed by atoms with Gasteiger partial charge in [0.15, 0.2) is 0 Å². The van der Waals surface area contributed by atoms with Crippen LogP contribution in [0.3, 0.4) is 0 Å². The average molecular weight is 430 g/mol. The third kappa shape index (κ3) is 3.99. The lowest BCUT2D eigenvalue weighted by Crippen LogP contribution is -2.35. The lowest BCUT2D eigenvalue weighted by Gasteiger charge is -2.21. The van der Waals surface area contributed by atoms with Crippen LogP contribution in [0.15, 0.2) is 84.6 Å². The number of carbonyl (C=O) groups excluding carboxylic acids is 2. The Morgan fingerprint density at radius 1 is 0.875 bits per heavy atom. The van der Waals surface area contributed by atoms with Gasteiger partial charge in [-0.3, -0.25) is 14.5 Å². The fourth-order valence-electron chi connectivity index (χ4n) is 3.84. The third-order valence-corrected chi connectivity index (χ3v) is 5.54. The van der Waals surface area contributed by atoms with Crippen LogP contribution in [0.1, 0.15) is 11.1 Å². The maximum Gasteiger partial charge on any atom is 0.278 e. The molecule has 0 unspecified atom stereocenters. The Labute approximate surface area is 186 Å². The zero-order chi connectivity index (χ0) is 22.7. The molecule has 0 atom stereocenters. The van der Waals surface area contributed by atoms with Crippen LogP contribution in [0.2, 0.25) is 0 Å². The minimum atomic E-state index is -0.376. The van der Waals surface area contributed by atoms with Crippen molar-refractivity contribution in [3.05, 3.63) is 102 Å². The monoisotopic (exact) mass is 430 g/mol. The van der Waals surface area contributed by atoms with E-state index in [1.165, 1.54) is 24.1 Å². The van der Waals surface area contributed by atoms with Gasteiger partial charge in [-0.05, 0) is 42.3 Å². The van der Waals surface area contributed by atoms with E-state index in [1.54, 1.807) is 36.2 Å². The molecule has 4 rings (SSSR count). The van der Waals surface area contributed by atoms with Gasteiger partial charge in [0.25, 0.3) is 11.8 Å². The van der Waals surface area contributed by atoms with Crippen molar-refractivity contribution in [1.29, 1.82) is 0 Å². The van der Waals surface area contributed by atoms with Crippen LogP contribution >= 0.6 is 0 Å². The maximum atomic E-state index is 13.5. The first-order valence-electron chi connectivity index (χ1n) is 10.3. The number of amides is 2. The summed E-state index contributed by atoms with van der Waals surface area (Å²) in [5.41, 5.74) is 2.80. The Kier molecular flexibility index (Phi) is 6.03. The van der Waals surface area contributed by atoms with Crippen LogP contribution in [-0.2, 0) is 16.0 Å². The molecule has 0 spiro atoms. The molecular formula is C26H23FN2O3. The van der Waals surface area contributed by atoms with Crippen molar-refractivity contribution in [1.82, 2.24) is 4.90 Å². The topological polar surface area (TPSA) is 49.9 Å². The smallest absolute Gasteiger partial charge is 0.278 e. The van der Waals surface area contributed by atoms with Gasteiger partial charge in [0.05, 0.1) is 12.7 Å². The predicted octanol–water partition coefficient (Wildman–Crippen LogP) is 4.29. The lowest BCUT2D eigenvalue weighted by molar-refractivity contribution is -0.136. The van der Waals surface area contributed by atoms with E-state index in [9.17, 15) is 14.0 Å². The van der Waals surface area contributed by atoms with Crippen molar-refractivity contribution >= 4 is 23.1 Å². The van der Waals surface area contributed by atoms with Crippen molar-refractivity contribution < 1.29 is 18.7 Å². The second-order valence-corrected chi connectivity index (χ2v) is 7.46. The highest BCUT2D eigenvalue weighted by Gasteiger charge is 2.41. The van der Waals surface area contributed by atoms with E-state index in [0.29, 0.717) is 29.0 Å². The standard InChI is InChI=1S/C26H23FN2O3/c1-28(20-8-4-3-5-9-20)24-23(21-10-6-7-11-22(21)32-2)25(30)29(26(24)31)17-16-18-12-14-19(27)15-13-18/h3-15H,16-17H2,1-2H3. The Morgan fingerprint density at radius 3 is 2.22 bits per heavy atom. The second kappa shape index (κ2) is 9.06. The van der Waals surface area contributed by atoms with Gasteiger partial charge in [-0.2, -0.15) is 0 Å². The molecule has 0 saturated heterocycles. The number of benzene rings is 3. The molecule has 0 aliphatic carbocycles. The second-order valence-electron chi connectivity index (χ2n) is 7.46. The summed E-state index contributed by atoms with van der Waals surface area (Å²) < 4.78 is 18.7. The molecule has 0 N–H and O–H groups in total. The number of hydrogen-bond acceptors (Lipinski definition) is 4. The molecule has 162 valence electrons. The van der Waals surface area contributed by atoms with Crippen molar-refractivity contribution in [3.8, 4) is 5.75 Å². The van der Waals surface area contributed by atoms with Crippen molar-refractivity contribution in [2.75, 3.05) is 25.6 Å². The number of anilines is 1. The first kappa shape index (κ1) is 21.3. The van der Waals surface area contributed by atoms with Crippen LogP contribution < -0.4 is 9.64 Å². The van der Waals surface area contributed by atoms with E-state index in [1.807, 2.05) is 42.5 Å². The number of halogens is 1. The summed E-state index contributed by atoms with van der Waals surface area (Å²) in [6, 6.07) is 22.6. The number of imide groups is 1. The van der Waals surface area contributed by atoms with E-state index in [-0.39, 0.29) is 24.2 Å². The van der Waals surface area contributed by atoms with E-state index in [2.05, 4.69) is 0 Å². The van der Waals surface area contributed by atoms with Crippen molar-refractivity contribution in [2.24, 2.45) is 0 Å². The highest BCUT2D eigenvalue weighted by molar-refractivity contribution is 6.37. The number of para-hydroxylation sites is 2. The van der Waals surface area contributed by atoms with Gasteiger partial charge >= 0.3 is 0 Å². The molecule has 0 bridgehead atoms. The molecule has 1 heterocycles. The van der Waals surface area contributed by atoms with E-state index in [4.69, 9.17) is 4.74 Å². The molecule has 6 heteroatoms. The molecule has 1 aliphatic heterocycles. The summed E-state index contributed by atoms with van der Waals surface area (Å²) >= 11 is 0. The summed E-state index contributed by atoms with van der Waals surface area (Å²) in [5, 5.41) is 0. The number of ether oxygens (including phenoxy) is 1. The van der Waals surface area contributed by atoms with Crippen molar-refractivity contribution in [2.45, 2.75) is 6.42 Å². The first-order valence-corrected chi connectivity index (χ1v) is 10.3. The highest BCUT2D eigenvalue weighted by atomic mass is 19.1. The first-order chi connectivity index (χ1) is 15.5. The fraction of sp³-hybridized carbons (Fsp3) is 0.154. The van der Waals surface area contributed by atoms with Crippen LogP contribution in [0.5, 0.6) is 5.75 Å². The quantitative estimate of drug-likeness (QED) is 0.525. The van der Waals surface area contributed by atoms with Gasteiger partial charge in [-0.15, -0.1) is 0 Å². The molecule has 32 heavy (non-hydrogen) atoms. The predicted molar refractivity (Wildman–Crippen MR) is 122 cm³/mol. The third-order valence-electron chi connectivity index (χ3n) is 5.54. The average Bonchev–Trinajstić information content (AvgIpc) is 3.08. The Morgan fingerprint density at radius 2 is 1.53 bits per heavy atom. The zero-order valence-electron chi connectivity index (χ0n) is 17.9. The van der Waals surface area contributed by atoms with Gasteiger partial charge in [-0.25, -0.2) is 4.39 Å². The highest BCUT2D eigenvalue weighted by Crippen LogP contribution is 2.37. The summed E-state index contributed by atoms with van der Waals surface area (Å²) in [4.78, 5) is 30.0. The number of nitrogens with zero attached hydrogens (tertiary/aromatic N) is 2. The Balaban J connectivity index is 1.73. The molecular weight excluding hydrogens is 407 g/mol. The number of hydrogen-bond donors (Lipinski definition) is 0. The number of methoxy groups -OCH3 is 1. The summed E-state index contributed by atoms with van der Waals surface area (Å²) in [6.07, 6.45) is 0.430. The maximum absolute atomic E-state index is 13.5. The van der Waals surface area contributed by atoms with Gasteiger partial charge in [0.1, 0.15) is 17.3 Å². The molecule has 3 aromatic rings. The minimum absolute atomic E-state index is 0.189. The van der Waals surface area contributed by atoms with Crippen LogP contribution in [-0.4, -0.2) is 37.4 Å². The lowest BCUT2D eigenvalue weighted by atomic mass is 10.0. The summed E-state index contributed by atoms with van der Waals surface area (Å²) in [5.74, 6) is -0.555. The molecule has 0 fully saturated rings. The number of rotatable bonds is 7. The minimum Gasteiger partial charge on any atom is -0.496 e. The van der Waals surface area contributed by atoms with Gasteiger partial charge < -0.3 is 9.64 Å². The Hall–Kier alpha value is -3.93. The zero-order valence-corrected chi connectivity index (χ0v) is 17.9. The fourth-order valence-corrected chi connectivity index (χ4v) is 3.84. The summed E-state index contributed by atoms with van der Waals surface area (Å²) in [6.45, 7) is 0.189. The normalized spacial score (nSPS) is 13.7. The van der Waals surface area contributed by atoms with Gasteiger partial charge in [0.2, 0.25) is 0 Å². The van der Waals surface area contributed by atoms with Gasteiger partial charge in [-0.1, -0.05) is 48.5 Å². The molecule has 0 aromatic heterocycles. The molecule has 0 radical (unpaired) electrons. The molecule has 2 amide bonds. The van der Waals surface area contributed by atoms with Crippen LogP contribution in [0.25, 0.3) is 5.57 Å². The number of likely N-dealkylation sites (N-methyl/N-ethyl adjacent to an activating group) is 1. The molecule has 1 aliphatic rings. The summed E-state index contributed by atoms with van der Waals surface area (Å²) in [7, 11) is 3.31. The number of carbonyl (C=O) groups is 2. The van der Waals surface area contributed by atoms with Crippen molar-refractivity contribution in [3.63, 3.8) is 0 Å². The van der Waals surface area contributed by atoms with E-state index < -0.39 is 0 Å². The van der Waals surface area contributed by atoms with Crippen LogP contribution in [0, 0.1) is 5.82 Å². The Bertz CT molecular complexity index is 1170. The SMILES string of the molecule is COc1ccccc1C1=C(N(C)c2ccccc2)C(=O)N(CCc2ccc(F)cc2)C1=O.